The Balaban J connectivity index is 1.76. The van der Waals surface area contributed by atoms with Crippen LogP contribution in [0.4, 0.5) is 11.4 Å². The summed E-state index contributed by atoms with van der Waals surface area (Å²) in [6, 6.07) is 13.3. The molecule has 1 heterocycles. The second-order valence-electron chi connectivity index (χ2n) is 6.54. The highest BCUT2D eigenvalue weighted by Gasteiger charge is 2.36. The van der Waals surface area contributed by atoms with Gasteiger partial charge in [0, 0.05) is 24.2 Å². The summed E-state index contributed by atoms with van der Waals surface area (Å²) in [6.07, 6.45) is 0.0355. The van der Waals surface area contributed by atoms with E-state index >= 15 is 0 Å². The van der Waals surface area contributed by atoms with E-state index in [0.29, 0.717) is 16.9 Å². The molecule has 1 atom stereocenters. The van der Waals surface area contributed by atoms with Gasteiger partial charge in [0.1, 0.15) is 0 Å². The minimum atomic E-state index is -0.570. The molecule has 2 aromatic carbocycles. The molecule has 1 saturated heterocycles. The smallest absolute Gasteiger partial charge is 0.339 e. The van der Waals surface area contributed by atoms with Gasteiger partial charge < -0.3 is 15.0 Å². The molecule has 1 fully saturated rings. The molecule has 0 radical (unpaired) electrons. The Bertz CT molecular complexity index is 953. The average Bonchev–Trinajstić information content (AvgIpc) is 3.09. The molecule has 1 unspecified atom stereocenters. The third-order valence-corrected chi connectivity index (χ3v) is 4.63. The first-order valence-corrected chi connectivity index (χ1v) is 8.80. The van der Waals surface area contributed by atoms with E-state index in [-0.39, 0.29) is 36.1 Å². The molecule has 1 aliphatic heterocycles. The summed E-state index contributed by atoms with van der Waals surface area (Å²) in [7, 11) is 1.27. The second-order valence-corrected chi connectivity index (χ2v) is 6.54. The van der Waals surface area contributed by atoms with Crippen molar-refractivity contribution in [1.82, 2.24) is 0 Å². The number of rotatable bonds is 5. The molecule has 7 heteroatoms. The third-order valence-electron chi connectivity index (χ3n) is 4.63. The lowest BCUT2D eigenvalue weighted by atomic mass is 10.1. The van der Waals surface area contributed by atoms with Gasteiger partial charge in [-0.2, -0.15) is 0 Å². The lowest BCUT2D eigenvalue weighted by Crippen LogP contribution is -2.29. The number of amides is 2. The Kier molecular flexibility index (Phi) is 5.54. The third kappa shape index (κ3) is 3.93. The van der Waals surface area contributed by atoms with Gasteiger partial charge in [0.15, 0.2) is 5.78 Å². The Morgan fingerprint density at radius 2 is 1.86 bits per heavy atom. The summed E-state index contributed by atoms with van der Waals surface area (Å²) in [6.45, 7) is 1.61. The number of esters is 1. The fourth-order valence-corrected chi connectivity index (χ4v) is 3.17. The number of anilines is 2. The van der Waals surface area contributed by atoms with E-state index in [2.05, 4.69) is 5.32 Å². The molecule has 0 aliphatic carbocycles. The zero-order valence-corrected chi connectivity index (χ0v) is 15.6. The van der Waals surface area contributed by atoms with Crippen molar-refractivity contribution in [3.63, 3.8) is 0 Å². The van der Waals surface area contributed by atoms with Gasteiger partial charge in [0.2, 0.25) is 11.8 Å². The molecule has 28 heavy (non-hydrogen) atoms. The number of nitrogens with zero attached hydrogens (tertiary/aromatic N) is 1. The van der Waals surface area contributed by atoms with Crippen LogP contribution in [0.2, 0.25) is 0 Å². The van der Waals surface area contributed by atoms with Crippen LogP contribution < -0.4 is 10.2 Å². The normalized spacial score (nSPS) is 16.0. The predicted octanol–water partition coefficient (Wildman–Crippen LogP) is 2.67. The minimum absolute atomic E-state index is 0.0355. The molecular weight excluding hydrogens is 360 g/mol. The van der Waals surface area contributed by atoms with Crippen LogP contribution in [0.25, 0.3) is 0 Å². The van der Waals surface area contributed by atoms with E-state index in [1.807, 2.05) is 0 Å². The standard InChI is InChI=1S/C21H20N2O5/c1-13(24)14-6-5-7-16(10-14)22-20(26)15-11-19(25)23(12-15)18-9-4-3-8-17(18)21(27)28-2/h3-10,15H,11-12H2,1-2H3,(H,22,26). The lowest BCUT2D eigenvalue weighted by molar-refractivity contribution is -0.122. The van der Waals surface area contributed by atoms with Crippen LogP contribution in [-0.4, -0.2) is 37.2 Å². The quantitative estimate of drug-likeness (QED) is 0.636. The van der Waals surface area contributed by atoms with Gasteiger partial charge in [-0.25, -0.2) is 4.79 Å². The molecule has 1 N–H and O–H groups in total. The van der Waals surface area contributed by atoms with Crippen molar-refractivity contribution in [1.29, 1.82) is 0 Å². The highest BCUT2D eigenvalue weighted by Crippen LogP contribution is 2.29. The number of carbonyl (C=O) groups is 4. The Hall–Kier alpha value is -3.48. The van der Waals surface area contributed by atoms with Gasteiger partial charge in [0.25, 0.3) is 0 Å². The van der Waals surface area contributed by atoms with Gasteiger partial charge in [-0.05, 0) is 31.2 Å². The molecule has 3 rings (SSSR count). The van der Waals surface area contributed by atoms with Crippen molar-refractivity contribution in [3.05, 3.63) is 59.7 Å². The van der Waals surface area contributed by atoms with E-state index in [1.54, 1.807) is 48.5 Å². The van der Waals surface area contributed by atoms with Crippen LogP contribution in [0.3, 0.4) is 0 Å². The van der Waals surface area contributed by atoms with Crippen molar-refractivity contribution in [2.75, 3.05) is 23.9 Å². The van der Waals surface area contributed by atoms with E-state index in [9.17, 15) is 19.2 Å². The lowest BCUT2D eigenvalue weighted by Gasteiger charge is -2.19. The zero-order chi connectivity index (χ0) is 20.3. The van der Waals surface area contributed by atoms with Crippen molar-refractivity contribution < 1.29 is 23.9 Å². The van der Waals surface area contributed by atoms with Crippen LogP contribution in [0.1, 0.15) is 34.1 Å². The molecule has 144 valence electrons. The number of hydrogen-bond donors (Lipinski definition) is 1. The van der Waals surface area contributed by atoms with Gasteiger partial charge >= 0.3 is 5.97 Å². The summed E-state index contributed by atoms with van der Waals surface area (Å²) in [5.74, 6) is -1.77. The van der Waals surface area contributed by atoms with Gasteiger partial charge in [-0.3, -0.25) is 14.4 Å². The van der Waals surface area contributed by atoms with Crippen LogP contribution in [0.5, 0.6) is 0 Å². The summed E-state index contributed by atoms with van der Waals surface area (Å²) in [5, 5.41) is 2.76. The zero-order valence-electron chi connectivity index (χ0n) is 15.6. The van der Waals surface area contributed by atoms with Gasteiger partial charge in [-0.1, -0.05) is 24.3 Å². The van der Waals surface area contributed by atoms with Gasteiger partial charge in [-0.15, -0.1) is 0 Å². The molecule has 0 bridgehead atoms. The summed E-state index contributed by atoms with van der Waals surface area (Å²) >= 11 is 0. The first kappa shape index (κ1) is 19.3. The monoisotopic (exact) mass is 380 g/mol. The van der Waals surface area contributed by atoms with Crippen LogP contribution in [0.15, 0.2) is 48.5 Å². The highest BCUT2D eigenvalue weighted by atomic mass is 16.5. The largest absolute Gasteiger partial charge is 0.465 e. The Morgan fingerprint density at radius 3 is 2.57 bits per heavy atom. The number of nitrogens with one attached hydrogen (secondary N) is 1. The second kappa shape index (κ2) is 8.04. The van der Waals surface area contributed by atoms with E-state index in [0.717, 1.165) is 0 Å². The molecule has 1 aliphatic rings. The average molecular weight is 380 g/mol. The fourth-order valence-electron chi connectivity index (χ4n) is 3.17. The molecule has 0 spiro atoms. The molecule has 0 saturated carbocycles. The SMILES string of the molecule is COC(=O)c1ccccc1N1CC(C(=O)Nc2cccc(C(C)=O)c2)CC1=O. The van der Waals surface area contributed by atoms with E-state index < -0.39 is 11.9 Å². The van der Waals surface area contributed by atoms with Crippen LogP contribution in [0, 0.1) is 5.92 Å². The molecule has 2 amide bonds. The van der Waals surface area contributed by atoms with Crippen LogP contribution >= 0.6 is 0 Å². The number of Topliss-reactive ketones (excluding diaryl/α,β-unsaturated/α-hetero) is 1. The molecule has 7 nitrogen and oxygen atoms in total. The van der Waals surface area contributed by atoms with Gasteiger partial charge in [0.05, 0.1) is 24.3 Å². The Morgan fingerprint density at radius 1 is 1.11 bits per heavy atom. The number of benzene rings is 2. The summed E-state index contributed by atoms with van der Waals surface area (Å²) < 4.78 is 4.77. The van der Waals surface area contributed by atoms with Crippen molar-refractivity contribution in [2.24, 2.45) is 5.92 Å². The first-order chi connectivity index (χ1) is 13.4. The van der Waals surface area contributed by atoms with Crippen molar-refractivity contribution in [2.45, 2.75) is 13.3 Å². The van der Waals surface area contributed by atoms with Crippen LogP contribution in [-0.2, 0) is 14.3 Å². The number of para-hydroxylation sites is 1. The number of ether oxygens (including phenoxy) is 1. The summed E-state index contributed by atoms with van der Waals surface area (Å²) in [5.41, 5.74) is 1.69. The topological polar surface area (TPSA) is 92.8 Å². The number of hydrogen-bond acceptors (Lipinski definition) is 5. The van der Waals surface area contributed by atoms with E-state index in [1.165, 1.54) is 18.9 Å². The first-order valence-electron chi connectivity index (χ1n) is 8.80. The number of carbonyl (C=O) groups excluding carboxylic acids is 4. The predicted molar refractivity (Wildman–Crippen MR) is 103 cm³/mol. The maximum Gasteiger partial charge on any atom is 0.339 e. The maximum atomic E-state index is 12.6. The number of methoxy groups -OCH3 is 1. The summed E-state index contributed by atoms with van der Waals surface area (Å²) in [4.78, 5) is 50.0. The maximum absolute atomic E-state index is 12.6. The Labute approximate surface area is 162 Å². The molecule has 0 aromatic heterocycles. The van der Waals surface area contributed by atoms with Crippen molar-refractivity contribution >= 4 is 34.9 Å². The minimum Gasteiger partial charge on any atom is -0.465 e. The van der Waals surface area contributed by atoms with Crippen molar-refractivity contribution in [3.8, 4) is 0 Å². The molecule has 2 aromatic rings. The molecular formula is C21H20N2O5. The van der Waals surface area contributed by atoms with E-state index in [4.69, 9.17) is 4.74 Å². The fraction of sp³-hybridized carbons (Fsp3) is 0.238. The number of ketones is 1. The highest BCUT2D eigenvalue weighted by molar-refractivity contribution is 6.07.